The molecular weight excluding hydrogens is 604 g/mol. The lowest BCUT2D eigenvalue weighted by Crippen LogP contribution is -2.48. The SMILES string of the molecule is O=C(O)COc1cc(CCCC(=O)[C@@]2(C3CC3)CCC(CC3=CCCC(c4ccc(F)cc4)[C@H](CO)C3)CO2)cc(C(F)(F)F)c1. The van der Waals surface area contributed by atoms with E-state index in [1.54, 1.807) is 0 Å². The number of rotatable bonds is 13. The molecule has 250 valence electrons. The Kier molecular flexibility index (Phi) is 10.9. The molecular formula is C36H42F4O6. The summed E-state index contributed by atoms with van der Waals surface area (Å²) in [5.74, 6) is -1.12. The van der Waals surface area contributed by atoms with Crippen LogP contribution in [-0.2, 0) is 26.9 Å². The van der Waals surface area contributed by atoms with Gasteiger partial charge in [0, 0.05) is 13.0 Å². The quantitative estimate of drug-likeness (QED) is 0.171. The van der Waals surface area contributed by atoms with Gasteiger partial charge in [0.15, 0.2) is 12.4 Å². The maximum absolute atomic E-state index is 13.6. The highest BCUT2D eigenvalue weighted by Crippen LogP contribution is 2.49. The van der Waals surface area contributed by atoms with Crippen LogP contribution in [0.25, 0.3) is 0 Å². The van der Waals surface area contributed by atoms with Crippen molar-refractivity contribution in [2.45, 2.75) is 88.3 Å². The van der Waals surface area contributed by atoms with Gasteiger partial charge < -0.3 is 19.7 Å². The van der Waals surface area contributed by atoms with Gasteiger partial charge in [-0.1, -0.05) is 23.8 Å². The van der Waals surface area contributed by atoms with Crippen molar-refractivity contribution in [3.63, 3.8) is 0 Å². The van der Waals surface area contributed by atoms with E-state index in [4.69, 9.17) is 14.6 Å². The zero-order valence-electron chi connectivity index (χ0n) is 25.9. The van der Waals surface area contributed by atoms with Crippen LogP contribution < -0.4 is 4.74 Å². The molecule has 46 heavy (non-hydrogen) atoms. The minimum absolute atomic E-state index is 0.000979. The number of alkyl halides is 3. The number of ketones is 1. The molecule has 0 aromatic heterocycles. The van der Waals surface area contributed by atoms with Gasteiger partial charge in [-0.2, -0.15) is 13.2 Å². The lowest BCUT2D eigenvalue weighted by Gasteiger charge is -2.40. The Labute approximate surface area is 266 Å². The highest BCUT2D eigenvalue weighted by Gasteiger charge is 2.52. The maximum atomic E-state index is 13.6. The van der Waals surface area contributed by atoms with Gasteiger partial charge in [0.2, 0.25) is 0 Å². The molecule has 1 saturated heterocycles. The summed E-state index contributed by atoms with van der Waals surface area (Å²) in [7, 11) is 0. The maximum Gasteiger partial charge on any atom is 0.416 e. The van der Waals surface area contributed by atoms with Crippen molar-refractivity contribution in [2.24, 2.45) is 17.8 Å². The molecule has 2 aromatic rings. The molecule has 2 unspecified atom stereocenters. The number of hydrogen-bond acceptors (Lipinski definition) is 5. The molecule has 1 aliphatic heterocycles. The molecule has 3 aliphatic rings. The second kappa shape index (κ2) is 14.7. The molecule has 6 nitrogen and oxygen atoms in total. The number of carboxylic acid groups (broad SMARTS) is 1. The van der Waals surface area contributed by atoms with E-state index in [2.05, 4.69) is 6.08 Å². The van der Waals surface area contributed by atoms with Crippen molar-refractivity contribution in [3.8, 4) is 5.75 Å². The number of carbonyl (C=O) groups is 2. The third-order valence-electron chi connectivity index (χ3n) is 9.82. The van der Waals surface area contributed by atoms with Gasteiger partial charge in [-0.15, -0.1) is 0 Å². The second-order valence-electron chi connectivity index (χ2n) is 13.2. The second-order valence-corrected chi connectivity index (χ2v) is 13.2. The summed E-state index contributed by atoms with van der Waals surface area (Å²) in [6.07, 6.45) is 5.04. The van der Waals surface area contributed by atoms with Gasteiger partial charge in [0.25, 0.3) is 0 Å². The van der Waals surface area contributed by atoms with Crippen LogP contribution in [0.3, 0.4) is 0 Å². The van der Waals surface area contributed by atoms with E-state index in [9.17, 15) is 32.3 Å². The van der Waals surface area contributed by atoms with Crippen LogP contribution in [-0.4, -0.2) is 47.4 Å². The van der Waals surface area contributed by atoms with Crippen LogP contribution >= 0.6 is 0 Å². The Morgan fingerprint density at radius 1 is 1.04 bits per heavy atom. The van der Waals surface area contributed by atoms with E-state index in [1.165, 1.54) is 23.8 Å². The van der Waals surface area contributed by atoms with Crippen LogP contribution in [0.2, 0.25) is 0 Å². The first-order valence-electron chi connectivity index (χ1n) is 16.2. The summed E-state index contributed by atoms with van der Waals surface area (Å²) in [5, 5.41) is 19.1. The van der Waals surface area contributed by atoms with E-state index in [0.717, 1.165) is 62.6 Å². The molecule has 2 N–H and O–H groups in total. The van der Waals surface area contributed by atoms with Crippen molar-refractivity contribution in [2.75, 3.05) is 19.8 Å². The minimum atomic E-state index is -4.62. The van der Waals surface area contributed by atoms with Crippen molar-refractivity contribution in [1.82, 2.24) is 0 Å². The molecule has 0 spiro atoms. The summed E-state index contributed by atoms with van der Waals surface area (Å²) in [4.78, 5) is 24.5. The Balaban J connectivity index is 1.16. The molecule has 2 aliphatic carbocycles. The van der Waals surface area contributed by atoms with Crippen molar-refractivity contribution in [3.05, 3.63) is 76.6 Å². The first kappa shape index (κ1) is 34.1. The number of Topliss-reactive ketones (excluding diaryl/α,β-unsaturated/α-hetero) is 1. The molecule has 0 amide bonds. The van der Waals surface area contributed by atoms with E-state index in [-0.39, 0.29) is 60.5 Å². The standard InChI is InChI=1S/C36H42F4O6/c37-30-11-7-26(8-12-30)32-5-1-3-23(16-27(32)20-41)15-25-13-14-35(46-21-25,28-9-10-28)33(42)6-2-4-24-17-29(36(38,39)40)19-31(18-24)45-22-34(43)44/h3,7-8,11-12,17-19,25,27-28,32,41H,1-2,4-6,9-10,13-16,20-22H2,(H,43,44)/t25?,27-,32?,35-/m0/s1. The van der Waals surface area contributed by atoms with Gasteiger partial charge in [-0.3, -0.25) is 4.79 Å². The summed E-state index contributed by atoms with van der Waals surface area (Å²) >= 11 is 0. The highest BCUT2D eigenvalue weighted by atomic mass is 19.4. The van der Waals surface area contributed by atoms with Gasteiger partial charge in [0.05, 0.1) is 12.2 Å². The average molecular weight is 647 g/mol. The summed E-state index contributed by atoms with van der Waals surface area (Å²) in [6.45, 7) is -0.239. The lowest BCUT2D eigenvalue weighted by molar-refractivity contribution is -0.160. The van der Waals surface area contributed by atoms with E-state index < -0.39 is 29.9 Å². The largest absolute Gasteiger partial charge is 0.482 e. The fourth-order valence-corrected chi connectivity index (χ4v) is 7.33. The molecule has 4 atom stereocenters. The number of aliphatic hydroxyl groups excluding tert-OH is 1. The lowest BCUT2D eigenvalue weighted by atomic mass is 9.77. The van der Waals surface area contributed by atoms with Crippen molar-refractivity contribution >= 4 is 11.8 Å². The number of hydrogen-bond donors (Lipinski definition) is 2. The van der Waals surface area contributed by atoms with Gasteiger partial charge >= 0.3 is 12.1 Å². The van der Waals surface area contributed by atoms with Gasteiger partial charge in [-0.05, 0) is 129 Å². The molecule has 0 radical (unpaired) electrons. The number of carboxylic acids is 1. The fraction of sp³-hybridized carbons (Fsp3) is 0.556. The summed E-state index contributed by atoms with van der Waals surface area (Å²) < 4.78 is 65.3. The number of benzene rings is 2. The number of aliphatic carboxylic acids is 1. The number of allylic oxidation sites excluding steroid dienone is 2. The first-order chi connectivity index (χ1) is 22.0. The molecule has 2 fully saturated rings. The molecule has 1 heterocycles. The third kappa shape index (κ3) is 8.56. The topological polar surface area (TPSA) is 93.1 Å². The predicted octanol–water partition coefficient (Wildman–Crippen LogP) is 7.67. The first-order valence-corrected chi connectivity index (χ1v) is 16.2. The van der Waals surface area contributed by atoms with Crippen LogP contribution in [0.15, 0.2) is 54.1 Å². The third-order valence-corrected chi connectivity index (χ3v) is 9.82. The predicted molar refractivity (Wildman–Crippen MR) is 163 cm³/mol. The van der Waals surface area contributed by atoms with Gasteiger partial charge in [-0.25, -0.2) is 9.18 Å². The van der Waals surface area contributed by atoms with Crippen LogP contribution in [0.1, 0.15) is 86.8 Å². The Morgan fingerprint density at radius 2 is 1.80 bits per heavy atom. The summed E-state index contributed by atoms with van der Waals surface area (Å²) in [5.41, 5.74) is 0.888. The van der Waals surface area contributed by atoms with E-state index >= 15 is 0 Å². The zero-order chi connectivity index (χ0) is 32.9. The smallest absolute Gasteiger partial charge is 0.416 e. The summed E-state index contributed by atoms with van der Waals surface area (Å²) in [6, 6.07) is 9.75. The van der Waals surface area contributed by atoms with Crippen LogP contribution in [0.4, 0.5) is 17.6 Å². The minimum Gasteiger partial charge on any atom is -0.482 e. The Hall–Kier alpha value is -3.24. The van der Waals surface area contributed by atoms with E-state index in [0.29, 0.717) is 25.0 Å². The number of aryl methyl sites for hydroxylation is 1. The van der Waals surface area contributed by atoms with Crippen molar-refractivity contribution in [1.29, 1.82) is 0 Å². The normalized spacial score (nSPS) is 25.4. The van der Waals surface area contributed by atoms with E-state index in [1.807, 2.05) is 12.1 Å². The number of carbonyl (C=O) groups excluding carboxylic acids is 1. The van der Waals surface area contributed by atoms with Crippen LogP contribution in [0, 0.1) is 23.6 Å². The Morgan fingerprint density at radius 3 is 2.43 bits per heavy atom. The van der Waals surface area contributed by atoms with Gasteiger partial charge in [0.1, 0.15) is 17.2 Å². The van der Waals surface area contributed by atoms with Crippen LogP contribution in [0.5, 0.6) is 5.75 Å². The number of halogens is 4. The monoisotopic (exact) mass is 646 g/mol. The van der Waals surface area contributed by atoms with Crippen molar-refractivity contribution < 1.29 is 46.8 Å². The fourth-order valence-electron chi connectivity index (χ4n) is 7.33. The highest BCUT2D eigenvalue weighted by molar-refractivity contribution is 5.88. The Bertz CT molecular complexity index is 1390. The number of aliphatic hydroxyl groups is 1. The molecule has 0 bridgehead atoms. The average Bonchev–Trinajstić information content (AvgIpc) is 3.89. The molecule has 5 rings (SSSR count). The molecule has 1 saturated carbocycles. The molecule has 2 aromatic carbocycles. The molecule has 10 heteroatoms. The number of ether oxygens (including phenoxy) is 2. The zero-order valence-corrected chi connectivity index (χ0v) is 25.9.